The van der Waals surface area contributed by atoms with Crippen molar-refractivity contribution in [1.29, 1.82) is 0 Å². The average molecular weight is 376 g/mol. The SMILES string of the molecule is CCCCCC(C)NC(=NC)NCc1ccc(N2CC(C)OC(C)C2)nc1. The van der Waals surface area contributed by atoms with E-state index in [9.17, 15) is 0 Å². The lowest BCUT2D eigenvalue weighted by atomic mass is 10.1. The highest BCUT2D eigenvalue weighted by Gasteiger charge is 2.22. The van der Waals surface area contributed by atoms with Gasteiger partial charge >= 0.3 is 0 Å². The van der Waals surface area contributed by atoms with Crippen LogP contribution in [0.15, 0.2) is 23.3 Å². The molecule has 6 heteroatoms. The Morgan fingerprint density at radius 1 is 1.30 bits per heavy atom. The van der Waals surface area contributed by atoms with Crippen molar-refractivity contribution >= 4 is 11.8 Å². The molecule has 0 radical (unpaired) electrons. The minimum Gasteiger partial charge on any atom is -0.372 e. The standard InChI is InChI=1S/C21H37N5O/c1-6-7-8-9-16(2)25-21(22-5)24-13-19-10-11-20(23-12-19)26-14-17(3)27-18(4)15-26/h10-12,16-18H,6-9,13-15H2,1-5H3,(H2,22,24,25). The summed E-state index contributed by atoms with van der Waals surface area (Å²) in [6.45, 7) is 11.2. The van der Waals surface area contributed by atoms with Gasteiger partial charge in [-0.05, 0) is 38.8 Å². The summed E-state index contributed by atoms with van der Waals surface area (Å²) in [4.78, 5) is 11.3. The fraction of sp³-hybridized carbons (Fsp3) is 0.714. The van der Waals surface area contributed by atoms with Crippen LogP contribution in [0.5, 0.6) is 0 Å². The molecule has 2 heterocycles. The van der Waals surface area contributed by atoms with Gasteiger partial charge in [-0.3, -0.25) is 4.99 Å². The molecule has 0 amide bonds. The Morgan fingerprint density at radius 2 is 2.04 bits per heavy atom. The van der Waals surface area contributed by atoms with E-state index in [2.05, 4.69) is 65.3 Å². The molecule has 1 aromatic rings. The van der Waals surface area contributed by atoms with Gasteiger partial charge in [-0.15, -0.1) is 0 Å². The van der Waals surface area contributed by atoms with Crippen molar-refractivity contribution in [1.82, 2.24) is 15.6 Å². The predicted molar refractivity (Wildman–Crippen MR) is 113 cm³/mol. The molecule has 0 aromatic carbocycles. The molecule has 0 aliphatic carbocycles. The van der Waals surface area contributed by atoms with Crippen molar-refractivity contribution in [3.63, 3.8) is 0 Å². The summed E-state index contributed by atoms with van der Waals surface area (Å²) in [5.74, 6) is 1.87. The maximum Gasteiger partial charge on any atom is 0.191 e. The normalized spacial score (nSPS) is 21.8. The first-order valence-electron chi connectivity index (χ1n) is 10.3. The van der Waals surface area contributed by atoms with Crippen molar-refractivity contribution in [3.8, 4) is 0 Å². The van der Waals surface area contributed by atoms with Crippen LogP contribution in [0.3, 0.4) is 0 Å². The second kappa shape index (κ2) is 11.1. The van der Waals surface area contributed by atoms with Crippen molar-refractivity contribution in [2.75, 3.05) is 25.0 Å². The molecule has 0 bridgehead atoms. The molecule has 27 heavy (non-hydrogen) atoms. The van der Waals surface area contributed by atoms with Gasteiger partial charge in [0.05, 0.1) is 12.2 Å². The van der Waals surface area contributed by atoms with Gasteiger partial charge in [-0.1, -0.05) is 32.3 Å². The van der Waals surface area contributed by atoms with Crippen molar-refractivity contribution in [3.05, 3.63) is 23.9 Å². The van der Waals surface area contributed by atoms with E-state index in [4.69, 9.17) is 4.74 Å². The number of pyridine rings is 1. The maximum absolute atomic E-state index is 5.80. The van der Waals surface area contributed by atoms with Gasteiger partial charge in [-0.2, -0.15) is 0 Å². The summed E-state index contributed by atoms with van der Waals surface area (Å²) in [7, 11) is 1.82. The fourth-order valence-corrected chi connectivity index (χ4v) is 3.46. The Morgan fingerprint density at radius 3 is 2.63 bits per heavy atom. The molecule has 152 valence electrons. The lowest BCUT2D eigenvalue weighted by Gasteiger charge is -2.36. The van der Waals surface area contributed by atoms with Crippen LogP contribution in [0.1, 0.15) is 58.9 Å². The third kappa shape index (κ3) is 7.37. The monoisotopic (exact) mass is 375 g/mol. The number of guanidine groups is 1. The molecule has 1 aromatic heterocycles. The van der Waals surface area contributed by atoms with Crippen LogP contribution in [-0.2, 0) is 11.3 Å². The first-order valence-corrected chi connectivity index (χ1v) is 10.3. The van der Waals surface area contributed by atoms with E-state index in [1.165, 1.54) is 25.7 Å². The van der Waals surface area contributed by atoms with Crippen LogP contribution < -0.4 is 15.5 Å². The first-order chi connectivity index (χ1) is 13.0. The number of aliphatic imine (C=N–C) groups is 1. The van der Waals surface area contributed by atoms with E-state index in [0.717, 1.165) is 30.4 Å². The third-order valence-electron chi connectivity index (χ3n) is 4.86. The number of hydrogen-bond donors (Lipinski definition) is 2. The molecule has 6 nitrogen and oxygen atoms in total. The minimum absolute atomic E-state index is 0.241. The molecule has 2 rings (SSSR count). The molecule has 3 atom stereocenters. The van der Waals surface area contributed by atoms with E-state index in [1.807, 2.05) is 13.2 Å². The Hall–Kier alpha value is -1.82. The quantitative estimate of drug-likeness (QED) is 0.415. The number of aromatic nitrogens is 1. The Bertz CT molecular complexity index is 564. The minimum atomic E-state index is 0.241. The van der Waals surface area contributed by atoms with Crippen LogP contribution in [0.4, 0.5) is 5.82 Å². The second-order valence-corrected chi connectivity index (χ2v) is 7.65. The number of morpholine rings is 1. The molecule has 0 spiro atoms. The Labute approximate surface area is 164 Å². The van der Waals surface area contributed by atoms with Gasteiger partial charge < -0.3 is 20.3 Å². The molecule has 1 fully saturated rings. The average Bonchev–Trinajstić information content (AvgIpc) is 2.65. The van der Waals surface area contributed by atoms with Crippen molar-refractivity contribution in [2.45, 2.75) is 78.2 Å². The van der Waals surface area contributed by atoms with Crippen LogP contribution >= 0.6 is 0 Å². The topological polar surface area (TPSA) is 61.8 Å². The number of unbranched alkanes of at least 4 members (excludes halogenated alkanes) is 2. The predicted octanol–water partition coefficient (Wildman–Crippen LogP) is 3.33. The zero-order chi connectivity index (χ0) is 19.6. The van der Waals surface area contributed by atoms with E-state index >= 15 is 0 Å². The Kier molecular flexibility index (Phi) is 8.85. The van der Waals surface area contributed by atoms with Gasteiger partial charge in [0.15, 0.2) is 5.96 Å². The number of hydrogen-bond acceptors (Lipinski definition) is 4. The summed E-state index contributed by atoms with van der Waals surface area (Å²) < 4.78 is 5.80. The van der Waals surface area contributed by atoms with Gasteiger partial charge in [0, 0.05) is 38.9 Å². The summed E-state index contributed by atoms with van der Waals surface area (Å²) in [6, 6.07) is 4.66. The van der Waals surface area contributed by atoms with Crippen LogP contribution in [0, 0.1) is 0 Å². The molecule has 3 unspecified atom stereocenters. The smallest absolute Gasteiger partial charge is 0.191 e. The van der Waals surface area contributed by atoms with Crippen molar-refractivity contribution < 1.29 is 4.74 Å². The van der Waals surface area contributed by atoms with Crippen LogP contribution in [0.25, 0.3) is 0 Å². The number of nitrogens with one attached hydrogen (secondary N) is 2. The fourth-order valence-electron chi connectivity index (χ4n) is 3.46. The van der Waals surface area contributed by atoms with E-state index in [0.29, 0.717) is 12.6 Å². The summed E-state index contributed by atoms with van der Waals surface area (Å²) in [5.41, 5.74) is 1.15. The number of anilines is 1. The number of rotatable bonds is 8. The zero-order valence-electron chi connectivity index (χ0n) is 17.7. The molecule has 1 aliphatic heterocycles. The van der Waals surface area contributed by atoms with Crippen LogP contribution in [0.2, 0.25) is 0 Å². The molecule has 1 aliphatic rings. The lowest BCUT2D eigenvalue weighted by molar-refractivity contribution is -0.00545. The number of nitrogens with zero attached hydrogens (tertiary/aromatic N) is 3. The molecular weight excluding hydrogens is 338 g/mol. The first kappa shape index (κ1) is 21.5. The third-order valence-corrected chi connectivity index (χ3v) is 4.86. The largest absolute Gasteiger partial charge is 0.372 e. The summed E-state index contributed by atoms with van der Waals surface area (Å²) in [5, 5.41) is 6.85. The van der Waals surface area contributed by atoms with E-state index < -0.39 is 0 Å². The summed E-state index contributed by atoms with van der Waals surface area (Å²) >= 11 is 0. The van der Waals surface area contributed by atoms with E-state index in [1.54, 1.807) is 0 Å². The second-order valence-electron chi connectivity index (χ2n) is 7.65. The van der Waals surface area contributed by atoms with Gasteiger partial charge in [-0.25, -0.2) is 4.98 Å². The Balaban J connectivity index is 1.81. The highest BCUT2D eigenvalue weighted by molar-refractivity contribution is 5.79. The summed E-state index contributed by atoms with van der Waals surface area (Å²) in [6.07, 6.45) is 7.40. The highest BCUT2D eigenvalue weighted by atomic mass is 16.5. The number of ether oxygens (including phenoxy) is 1. The molecule has 1 saturated heterocycles. The molecule has 0 saturated carbocycles. The highest BCUT2D eigenvalue weighted by Crippen LogP contribution is 2.18. The van der Waals surface area contributed by atoms with Crippen molar-refractivity contribution in [2.24, 2.45) is 4.99 Å². The van der Waals surface area contributed by atoms with E-state index in [-0.39, 0.29) is 12.2 Å². The maximum atomic E-state index is 5.80. The molecule has 2 N–H and O–H groups in total. The van der Waals surface area contributed by atoms with Gasteiger partial charge in [0.1, 0.15) is 5.82 Å². The van der Waals surface area contributed by atoms with Crippen LogP contribution in [-0.4, -0.2) is 49.3 Å². The zero-order valence-corrected chi connectivity index (χ0v) is 17.7. The van der Waals surface area contributed by atoms with Gasteiger partial charge in [0.25, 0.3) is 0 Å². The van der Waals surface area contributed by atoms with Gasteiger partial charge in [0.2, 0.25) is 0 Å². The lowest BCUT2D eigenvalue weighted by Crippen LogP contribution is -2.45. The molecular formula is C21H37N5O.